The Labute approximate surface area is 99.8 Å². The first-order valence-corrected chi connectivity index (χ1v) is 6.27. The number of benzene rings is 1. The fourth-order valence-corrected chi connectivity index (χ4v) is 1.92. The molecule has 0 amide bonds. The van der Waals surface area contributed by atoms with Crippen molar-refractivity contribution in [1.82, 2.24) is 10.0 Å². The summed E-state index contributed by atoms with van der Waals surface area (Å²) in [5.41, 5.74) is 1.38. The van der Waals surface area contributed by atoms with E-state index < -0.39 is 0 Å². The zero-order valence-corrected chi connectivity index (χ0v) is 10.8. The van der Waals surface area contributed by atoms with Crippen molar-refractivity contribution in [3.05, 3.63) is 35.9 Å². The molecule has 1 rings (SSSR count). The SMILES string of the molecule is CCCN(CCC)N(C)Cc1ccccc1. The lowest BCUT2D eigenvalue weighted by Gasteiger charge is -2.31. The van der Waals surface area contributed by atoms with E-state index in [1.54, 1.807) is 0 Å². The minimum Gasteiger partial charge on any atom is -0.242 e. The summed E-state index contributed by atoms with van der Waals surface area (Å²) in [5.74, 6) is 0. The number of rotatable bonds is 7. The predicted octanol–water partition coefficient (Wildman–Crippen LogP) is 3.16. The maximum atomic E-state index is 2.44. The first-order valence-electron chi connectivity index (χ1n) is 6.27. The fourth-order valence-electron chi connectivity index (χ4n) is 1.92. The van der Waals surface area contributed by atoms with Crippen molar-refractivity contribution in [3.8, 4) is 0 Å². The second kappa shape index (κ2) is 7.42. The van der Waals surface area contributed by atoms with Crippen molar-refractivity contribution in [2.75, 3.05) is 20.1 Å². The van der Waals surface area contributed by atoms with Crippen LogP contribution in [0, 0.1) is 0 Å². The van der Waals surface area contributed by atoms with Crippen LogP contribution in [0.2, 0.25) is 0 Å². The van der Waals surface area contributed by atoms with Crippen LogP contribution in [-0.2, 0) is 6.54 Å². The lowest BCUT2D eigenvalue weighted by molar-refractivity contribution is -0.00809. The van der Waals surface area contributed by atoms with Crippen LogP contribution in [0.1, 0.15) is 32.3 Å². The van der Waals surface area contributed by atoms with Gasteiger partial charge >= 0.3 is 0 Å². The van der Waals surface area contributed by atoms with Gasteiger partial charge in [0.05, 0.1) is 0 Å². The summed E-state index contributed by atoms with van der Waals surface area (Å²) >= 11 is 0. The Morgan fingerprint density at radius 1 is 0.938 bits per heavy atom. The molecule has 0 aliphatic heterocycles. The molecule has 16 heavy (non-hydrogen) atoms. The summed E-state index contributed by atoms with van der Waals surface area (Å²) in [6.45, 7) is 7.77. The van der Waals surface area contributed by atoms with Gasteiger partial charge in [0.2, 0.25) is 0 Å². The smallest absolute Gasteiger partial charge is 0.0381 e. The summed E-state index contributed by atoms with van der Waals surface area (Å²) < 4.78 is 0. The van der Waals surface area contributed by atoms with E-state index in [2.05, 4.69) is 61.2 Å². The third-order valence-electron chi connectivity index (χ3n) is 2.70. The van der Waals surface area contributed by atoms with E-state index in [0.29, 0.717) is 0 Å². The molecule has 0 radical (unpaired) electrons. The molecule has 1 aromatic carbocycles. The Bertz CT molecular complexity index is 265. The highest BCUT2D eigenvalue weighted by Gasteiger charge is 2.09. The molecular formula is C14H24N2. The molecule has 0 aliphatic rings. The quantitative estimate of drug-likeness (QED) is 0.651. The van der Waals surface area contributed by atoms with Crippen LogP contribution in [0.3, 0.4) is 0 Å². The molecule has 0 spiro atoms. The highest BCUT2D eigenvalue weighted by molar-refractivity contribution is 5.14. The lowest BCUT2D eigenvalue weighted by Crippen LogP contribution is -2.40. The van der Waals surface area contributed by atoms with Gasteiger partial charge in [-0.05, 0) is 18.4 Å². The molecule has 2 nitrogen and oxygen atoms in total. The van der Waals surface area contributed by atoms with E-state index in [9.17, 15) is 0 Å². The minimum atomic E-state index is 1.00. The molecule has 0 aliphatic carbocycles. The topological polar surface area (TPSA) is 6.48 Å². The molecule has 0 N–H and O–H groups in total. The molecule has 90 valence electrons. The number of hydrogen-bond donors (Lipinski definition) is 0. The summed E-state index contributed by atoms with van der Waals surface area (Å²) in [7, 11) is 2.18. The van der Waals surface area contributed by atoms with Crippen molar-refractivity contribution in [1.29, 1.82) is 0 Å². The predicted molar refractivity (Wildman–Crippen MR) is 70.1 cm³/mol. The van der Waals surface area contributed by atoms with E-state index >= 15 is 0 Å². The first kappa shape index (κ1) is 13.2. The Morgan fingerprint density at radius 3 is 2.00 bits per heavy atom. The highest BCUT2D eigenvalue weighted by Crippen LogP contribution is 2.06. The van der Waals surface area contributed by atoms with Gasteiger partial charge in [-0.2, -0.15) is 0 Å². The van der Waals surface area contributed by atoms with Crippen molar-refractivity contribution in [2.45, 2.75) is 33.2 Å². The molecule has 0 aromatic heterocycles. The van der Waals surface area contributed by atoms with Crippen LogP contribution in [0.4, 0.5) is 0 Å². The van der Waals surface area contributed by atoms with Gasteiger partial charge in [-0.3, -0.25) is 0 Å². The Kier molecular flexibility index (Phi) is 6.12. The minimum absolute atomic E-state index is 1.00. The lowest BCUT2D eigenvalue weighted by atomic mass is 10.2. The average Bonchev–Trinajstić information content (AvgIpc) is 2.30. The van der Waals surface area contributed by atoms with Crippen LogP contribution >= 0.6 is 0 Å². The molecule has 0 unspecified atom stereocenters. The molecule has 0 bridgehead atoms. The zero-order valence-electron chi connectivity index (χ0n) is 10.8. The van der Waals surface area contributed by atoms with Crippen molar-refractivity contribution < 1.29 is 0 Å². The maximum Gasteiger partial charge on any atom is 0.0381 e. The van der Waals surface area contributed by atoms with Crippen LogP contribution in [0.15, 0.2) is 30.3 Å². The van der Waals surface area contributed by atoms with E-state index in [4.69, 9.17) is 0 Å². The molecule has 1 aromatic rings. The second-order valence-corrected chi connectivity index (χ2v) is 4.26. The monoisotopic (exact) mass is 220 g/mol. The zero-order chi connectivity index (χ0) is 11.8. The molecule has 0 saturated carbocycles. The van der Waals surface area contributed by atoms with Gasteiger partial charge in [0.25, 0.3) is 0 Å². The summed E-state index contributed by atoms with van der Waals surface area (Å²) in [4.78, 5) is 0. The van der Waals surface area contributed by atoms with Gasteiger partial charge in [-0.1, -0.05) is 44.2 Å². The normalized spacial score (nSPS) is 11.3. The van der Waals surface area contributed by atoms with Crippen molar-refractivity contribution in [3.63, 3.8) is 0 Å². The molecular weight excluding hydrogens is 196 g/mol. The Morgan fingerprint density at radius 2 is 1.50 bits per heavy atom. The molecule has 0 atom stereocenters. The third kappa shape index (κ3) is 4.33. The van der Waals surface area contributed by atoms with Crippen LogP contribution in [-0.4, -0.2) is 30.2 Å². The van der Waals surface area contributed by atoms with E-state index in [1.165, 1.54) is 18.4 Å². The largest absolute Gasteiger partial charge is 0.242 e. The van der Waals surface area contributed by atoms with Gasteiger partial charge in [-0.25, -0.2) is 10.0 Å². The van der Waals surface area contributed by atoms with Gasteiger partial charge in [-0.15, -0.1) is 0 Å². The number of hydrazine groups is 1. The van der Waals surface area contributed by atoms with Crippen molar-refractivity contribution in [2.24, 2.45) is 0 Å². The van der Waals surface area contributed by atoms with Gasteiger partial charge in [0, 0.05) is 26.7 Å². The van der Waals surface area contributed by atoms with Crippen molar-refractivity contribution >= 4 is 0 Å². The average molecular weight is 220 g/mol. The molecule has 0 saturated heterocycles. The molecule has 0 fully saturated rings. The van der Waals surface area contributed by atoms with Gasteiger partial charge in [0.1, 0.15) is 0 Å². The van der Waals surface area contributed by atoms with Gasteiger partial charge in [0.15, 0.2) is 0 Å². The highest BCUT2D eigenvalue weighted by atomic mass is 15.6. The number of hydrogen-bond acceptors (Lipinski definition) is 2. The van der Waals surface area contributed by atoms with E-state index in [-0.39, 0.29) is 0 Å². The summed E-state index contributed by atoms with van der Waals surface area (Å²) in [6, 6.07) is 10.7. The Balaban J connectivity index is 2.51. The maximum absolute atomic E-state index is 2.44. The summed E-state index contributed by atoms with van der Waals surface area (Å²) in [6.07, 6.45) is 2.41. The van der Waals surface area contributed by atoms with E-state index in [1.807, 2.05) is 0 Å². The number of nitrogens with zero attached hydrogens (tertiary/aromatic N) is 2. The van der Waals surface area contributed by atoms with Crippen LogP contribution < -0.4 is 0 Å². The fraction of sp³-hybridized carbons (Fsp3) is 0.571. The molecule has 0 heterocycles. The molecule has 2 heteroatoms. The first-order chi connectivity index (χ1) is 7.77. The van der Waals surface area contributed by atoms with Gasteiger partial charge < -0.3 is 0 Å². The van der Waals surface area contributed by atoms with E-state index in [0.717, 1.165) is 19.6 Å². The Hall–Kier alpha value is -0.860. The third-order valence-corrected chi connectivity index (χ3v) is 2.70. The standard InChI is InChI=1S/C14H24N2/c1-4-11-16(12-5-2)15(3)13-14-9-7-6-8-10-14/h6-10H,4-5,11-13H2,1-3H3. The van der Waals surface area contributed by atoms with Crippen LogP contribution in [0.25, 0.3) is 0 Å². The summed E-state index contributed by atoms with van der Waals surface area (Å²) in [5, 5.41) is 4.77. The second-order valence-electron chi connectivity index (χ2n) is 4.26. The van der Waals surface area contributed by atoms with Crippen LogP contribution in [0.5, 0.6) is 0 Å².